The van der Waals surface area contributed by atoms with Gasteiger partial charge in [0.25, 0.3) is 0 Å². The molecule has 2 aliphatic rings. The van der Waals surface area contributed by atoms with Gasteiger partial charge in [-0.1, -0.05) is 37.6 Å². The van der Waals surface area contributed by atoms with Crippen LogP contribution >= 0.6 is 0 Å². The summed E-state index contributed by atoms with van der Waals surface area (Å²) >= 11 is 0. The van der Waals surface area contributed by atoms with Crippen molar-refractivity contribution in [2.75, 3.05) is 0 Å². The lowest BCUT2D eigenvalue weighted by molar-refractivity contribution is -0.120. The van der Waals surface area contributed by atoms with E-state index in [4.69, 9.17) is 0 Å². The minimum absolute atomic E-state index is 0.191. The molecule has 2 aliphatic carbocycles. The summed E-state index contributed by atoms with van der Waals surface area (Å²) in [5.74, 6) is 0.657. The topological polar surface area (TPSA) is 17.1 Å². The van der Waals surface area contributed by atoms with Crippen molar-refractivity contribution in [3.8, 4) is 0 Å². The predicted octanol–water partition coefficient (Wildman–Crippen LogP) is 3.90. The molecular weight excluding hydrogens is 196 g/mol. The van der Waals surface area contributed by atoms with Crippen molar-refractivity contribution in [1.29, 1.82) is 0 Å². The first-order valence-corrected chi connectivity index (χ1v) is 6.26. The van der Waals surface area contributed by atoms with Gasteiger partial charge in [-0.25, -0.2) is 0 Å². The Kier molecular flexibility index (Phi) is 2.60. The monoisotopic (exact) mass is 218 g/mol. The molecule has 1 nitrogen and oxygen atoms in total. The van der Waals surface area contributed by atoms with E-state index in [1.54, 1.807) is 6.92 Å². The van der Waals surface area contributed by atoms with E-state index in [9.17, 15) is 4.79 Å². The molecule has 0 bridgehead atoms. The summed E-state index contributed by atoms with van der Waals surface area (Å²) in [6, 6.07) is 0. The molecule has 1 saturated carbocycles. The second kappa shape index (κ2) is 3.58. The fourth-order valence-corrected chi connectivity index (χ4v) is 3.60. The predicted molar refractivity (Wildman–Crippen MR) is 67.1 cm³/mol. The van der Waals surface area contributed by atoms with Gasteiger partial charge in [-0.3, -0.25) is 4.79 Å². The number of hydrogen-bond donors (Lipinski definition) is 0. The van der Waals surface area contributed by atoms with Crippen LogP contribution in [0.4, 0.5) is 0 Å². The fraction of sp³-hybridized carbons (Fsp3) is 0.667. The number of carbonyl (C=O) groups is 1. The quantitative estimate of drug-likeness (QED) is 0.652. The summed E-state index contributed by atoms with van der Waals surface area (Å²) in [5, 5.41) is 0. The molecule has 0 unspecified atom stereocenters. The van der Waals surface area contributed by atoms with Crippen LogP contribution in [0.5, 0.6) is 0 Å². The fourth-order valence-electron chi connectivity index (χ4n) is 3.60. The van der Waals surface area contributed by atoms with E-state index in [2.05, 4.69) is 39.0 Å². The zero-order valence-corrected chi connectivity index (χ0v) is 10.8. The van der Waals surface area contributed by atoms with Gasteiger partial charge >= 0.3 is 0 Å². The van der Waals surface area contributed by atoms with Crippen LogP contribution in [0.3, 0.4) is 0 Å². The Morgan fingerprint density at radius 2 is 2.12 bits per heavy atom. The molecular formula is C15H22O. The number of rotatable bonds is 1. The van der Waals surface area contributed by atoms with Gasteiger partial charge in [0, 0.05) is 11.3 Å². The minimum atomic E-state index is 0.191. The first-order valence-electron chi connectivity index (χ1n) is 6.26. The Morgan fingerprint density at radius 3 is 2.62 bits per heavy atom. The second-order valence-corrected chi connectivity index (χ2v) is 6.06. The van der Waals surface area contributed by atoms with E-state index in [0.717, 1.165) is 19.3 Å². The van der Waals surface area contributed by atoms with Crippen LogP contribution in [0.1, 0.15) is 47.0 Å². The first kappa shape index (κ1) is 11.6. The third kappa shape index (κ3) is 1.49. The summed E-state index contributed by atoms with van der Waals surface area (Å²) in [6.45, 7) is 8.59. The standard InChI is InChI=1S/C15H22O/c1-11-6-5-8-14(3,4)15(11)9-7-13(10-15)12(2)16/h5-6,8,13H,7,9-10H2,1-4H3/t13-,15-/m1/s1. The maximum Gasteiger partial charge on any atom is 0.132 e. The first-order chi connectivity index (χ1) is 7.39. The molecule has 2 atom stereocenters. The van der Waals surface area contributed by atoms with Gasteiger partial charge in [0.1, 0.15) is 5.78 Å². The highest BCUT2D eigenvalue weighted by atomic mass is 16.1. The van der Waals surface area contributed by atoms with E-state index in [1.807, 2.05) is 0 Å². The smallest absolute Gasteiger partial charge is 0.132 e. The number of hydrogen-bond acceptors (Lipinski definition) is 1. The van der Waals surface area contributed by atoms with Gasteiger partial charge < -0.3 is 0 Å². The highest BCUT2D eigenvalue weighted by molar-refractivity contribution is 5.78. The summed E-state index contributed by atoms with van der Waals surface area (Å²) in [5.41, 5.74) is 1.89. The minimum Gasteiger partial charge on any atom is -0.300 e. The molecule has 0 radical (unpaired) electrons. The Labute approximate surface area is 98.6 Å². The molecule has 16 heavy (non-hydrogen) atoms. The molecule has 0 aromatic heterocycles. The molecule has 0 N–H and O–H groups in total. The number of Topliss-reactive ketones (excluding diaryl/α,β-unsaturated/α-hetero) is 1. The number of allylic oxidation sites excluding steroid dienone is 4. The van der Waals surface area contributed by atoms with E-state index in [-0.39, 0.29) is 16.7 Å². The Hall–Kier alpha value is -0.850. The number of ketones is 1. The molecule has 0 aromatic rings. The van der Waals surface area contributed by atoms with Crippen molar-refractivity contribution in [3.63, 3.8) is 0 Å². The Bertz CT molecular complexity index is 373. The maximum atomic E-state index is 11.6. The molecule has 1 fully saturated rings. The molecule has 0 heterocycles. The van der Waals surface area contributed by atoms with E-state index in [0.29, 0.717) is 5.78 Å². The van der Waals surface area contributed by atoms with Crippen molar-refractivity contribution >= 4 is 5.78 Å². The molecule has 2 rings (SSSR count). The molecule has 1 spiro atoms. The summed E-state index contributed by atoms with van der Waals surface area (Å²) in [7, 11) is 0. The van der Waals surface area contributed by atoms with Gasteiger partial charge in [0.2, 0.25) is 0 Å². The van der Waals surface area contributed by atoms with Crippen molar-refractivity contribution in [1.82, 2.24) is 0 Å². The van der Waals surface area contributed by atoms with Crippen LogP contribution in [0.25, 0.3) is 0 Å². The van der Waals surface area contributed by atoms with Crippen LogP contribution in [0, 0.1) is 16.7 Å². The van der Waals surface area contributed by atoms with Gasteiger partial charge in [-0.15, -0.1) is 0 Å². The number of carbonyl (C=O) groups excluding carboxylic acids is 1. The van der Waals surface area contributed by atoms with Crippen LogP contribution in [0.2, 0.25) is 0 Å². The molecule has 88 valence electrons. The van der Waals surface area contributed by atoms with E-state index in [1.165, 1.54) is 5.57 Å². The van der Waals surface area contributed by atoms with Crippen LogP contribution in [0.15, 0.2) is 23.8 Å². The average molecular weight is 218 g/mol. The van der Waals surface area contributed by atoms with Gasteiger partial charge in [0.05, 0.1) is 0 Å². The summed E-state index contributed by atoms with van der Waals surface area (Å²) in [6.07, 6.45) is 9.98. The average Bonchev–Trinajstić information content (AvgIpc) is 2.61. The lowest BCUT2D eigenvalue weighted by atomic mass is 9.58. The summed E-state index contributed by atoms with van der Waals surface area (Å²) < 4.78 is 0. The third-order valence-electron chi connectivity index (χ3n) is 4.94. The van der Waals surface area contributed by atoms with E-state index >= 15 is 0 Å². The molecule has 0 saturated heterocycles. The normalized spacial score (nSPS) is 36.5. The maximum absolute atomic E-state index is 11.6. The zero-order valence-electron chi connectivity index (χ0n) is 10.8. The van der Waals surface area contributed by atoms with Crippen LogP contribution < -0.4 is 0 Å². The lowest BCUT2D eigenvalue weighted by Crippen LogP contribution is -2.37. The second-order valence-electron chi connectivity index (χ2n) is 6.06. The highest BCUT2D eigenvalue weighted by Crippen LogP contribution is 2.59. The van der Waals surface area contributed by atoms with Crippen LogP contribution in [-0.4, -0.2) is 5.78 Å². The third-order valence-corrected chi connectivity index (χ3v) is 4.94. The van der Waals surface area contributed by atoms with Gasteiger partial charge in [-0.2, -0.15) is 0 Å². The molecule has 0 aliphatic heterocycles. The van der Waals surface area contributed by atoms with Crippen molar-refractivity contribution in [3.05, 3.63) is 23.8 Å². The Balaban J connectivity index is 2.35. The van der Waals surface area contributed by atoms with Crippen molar-refractivity contribution in [2.45, 2.75) is 47.0 Å². The largest absolute Gasteiger partial charge is 0.300 e. The summed E-state index contributed by atoms with van der Waals surface area (Å²) in [4.78, 5) is 11.6. The van der Waals surface area contributed by atoms with Gasteiger partial charge in [-0.05, 0) is 38.5 Å². The van der Waals surface area contributed by atoms with Crippen molar-refractivity contribution < 1.29 is 4.79 Å². The van der Waals surface area contributed by atoms with E-state index < -0.39 is 0 Å². The lowest BCUT2D eigenvalue weighted by Gasteiger charge is -2.46. The highest BCUT2D eigenvalue weighted by Gasteiger charge is 2.51. The molecule has 0 aromatic carbocycles. The van der Waals surface area contributed by atoms with Gasteiger partial charge in [0.15, 0.2) is 0 Å². The molecule has 1 heteroatoms. The Morgan fingerprint density at radius 1 is 1.44 bits per heavy atom. The SMILES string of the molecule is CC(=O)[C@@H]1CC[C@@]2(C1)C(C)=CC=CC2(C)C. The molecule has 0 amide bonds. The van der Waals surface area contributed by atoms with Crippen LogP contribution in [-0.2, 0) is 4.79 Å². The van der Waals surface area contributed by atoms with Crippen molar-refractivity contribution in [2.24, 2.45) is 16.7 Å². The zero-order chi connectivity index (χ0) is 12.0.